The molecular weight excluding hydrogens is 400 g/mol. The van der Waals surface area contributed by atoms with Crippen molar-refractivity contribution < 1.29 is 4.79 Å². The largest absolute Gasteiger partial charge is 0.325 e. The smallest absolute Gasteiger partial charge is 0.319 e. The van der Waals surface area contributed by atoms with Gasteiger partial charge in [0.25, 0.3) is 0 Å². The number of likely N-dealkylation sites (tertiary alicyclic amines) is 1. The highest BCUT2D eigenvalue weighted by Crippen LogP contribution is 2.24. The molecule has 4 rings (SSSR count). The first-order valence-corrected chi connectivity index (χ1v) is 10.9. The number of carbonyl (C=O) groups excluding carboxylic acids is 1. The Labute approximate surface area is 181 Å². The Morgan fingerprint density at radius 1 is 1.13 bits per heavy atom. The van der Waals surface area contributed by atoms with Crippen LogP contribution >= 0.6 is 11.6 Å². The molecule has 1 aliphatic heterocycles. The molecule has 1 aliphatic rings. The molecule has 30 heavy (non-hydrogen) atoms. The molecular formula is C22H27ClN6O. The third-order valence-corrected chi connectivity index (χ3v) is 6.04. The van der Waals surface area contributed by atoms with Crippen LogP contribution in [0.1, 0.15) is 26.7 Å². The van der Waals surface area contributed by atoms with Crippen LogP contribution in [0.25, 0.3) is 22.2 Å². The highest BCUT2D eigenvalue weighted by Gasteiger charge is 2.25. The molecule has 8 heteroatoms. The molecule has 0 N–H and O–H groups in total. The monoisotopic (exact) mass is 426 g/mol. The second-order valence-corrected chi connectivity index (χ2v) is 8.12. The maximum atomic E-state index is 12.5. The number of pyridine rings is 2. The Kier molecular flexibility index (Phi) is 6.18. The zero-order valence-electron chi connectivity index (χ0n) is 17.5. The van der Waals surface area contributed by atoms with E-state index >= 15 is 0 Å². The topological polar surface area (TPSA) is 67.2 Å². The highest BCUT2D eigenvalue weighted by molar-refractivity contribution is 6.29. The lowest BCUT2D eigenvalue weighted by molar-refractivity contribution is 0.132. The molecule has 2 amide bonds. The van der Waals surface area contributed by atoms with Crippen LogP contribution < -0.4 is 0 Å². The van der Waals surface area contributed by atoms with Gasteiger partial charge >= 0.3 is 6.03 Å². The molecule has 3 aromatic heterocycles. The van der Waals surface area contributed by atoms with Gasteiger partial charge in [0.1, 0.15) is 5.15 Å². The SMILES string of the molecule is CCN(CC)C(=O)N1CCC(Cn2cc(-c3cnc4ccc(Cl)nc4c3)cn2)CC1. The summed E-state index contributed by atoms with van der Waals surface area (Å²) in [6.07, 6.45) is 7.77. The maximum Gasteiger partial charge on any atom is 0.319 e. The summed E-state index contributed by atoms with van der Waals surface area (Å²) in [6.45, 7) is 8.06. The van der Waals surface area contributed by atoms with Crippen LogP contribution in [0.3, 0.4) is 0 Å². The van der Waals surface area contributed by atoms with E-state index in [4.69, 9.17) is 11.6 Å². The molecule has 0 bridgehead atoms. The van der Waals surface area contributed by atoms with E-state index in [0.717, 1.165) is 67.7 Å². The van der Waals surface area contributed by atoms with E-state index in [1.165, 1.54) is 0 Å². The average molecular weight is 427 g/mol. The van der Waals surface area contributed by atoms with Gasteiger partial charge < -0.3 is 9.80 Å². The van der Waals surface area contributed by atoms with Crippen molar-refractivity contribution >= 4 is 28.7 Å². The van der Waals surface area contributed by atoms with Crippen LogP contribution in [0.2, 0.25) is 5.15 Å². The van der Waals surface area contributed by atoms with Crippen molar-refractivity contribution in [2.45, 2.75) is 33.2 Å². The predicted octanol–water partition coefficient (Wildman–Crippen LogP) is 4.32. The van der Waals surface area contributed by atoms with Crippen molar-refractivity contribution in [2.24, 2.45) is 5.92 Å². The summed E-state index contributed by atoms with van der Waals surface area (Å²) in [6, 6.07) is 5.77. The van der Waals surface area contributed by atoms with Crippen LogP contribution in [0.5, 0.6) is 0 Å². The molecule has 0 atom stereocenters. The summed E-state index contributed by atoms with van der Waals surface area (Å²) in [5.74, 6) is 0.522. The van der Waals surface area contributed by atoms with Crippen molar-refractivity contribution in [3.8, 4) is 11.1 Å². The van der Waals surface area contributed by atoms with Gasteiger partial charge in [-0.05, 0) is 50.8 Å². The Bertz CT molecular complexity index is 1020. The second kappa shape index (κ2) is 9.00. The minimum absolute atomic E-state index is 0.164. The number of urea groups is 1. The summed E-state index contributed by atoms with van der Waals surface area (Å²) in [4.78, 5) is 25.2. The molecule has 158 valence electrons. The Morgan fingerprint density at radius 3 is 2.63 bits per heavy atom. The number of hydrogen-bond acceptors (Lipinski definition) is 4. The van der Waals surface area contributed by atoms with Gasteiger partial charge in [-0.3, -0.25) is 9.67 Å². The van der Waals surface area contributed by atoms with Crippen molar-refractivity contribution in [1.82, 2.24) is 29.5 Å². The van der Waals surface area contributed by atoms with Gasteiger partial charge in [-0.2, -0.15) is 5.10 Å². The molecule has 1 fully saturated rings. The van der Waals surface area contributed by atoms with E-state index in [0.29, 0.717) is 11.1 Å². The zero-order valence-corrected chi connectivity index (χ0v) is 18.2. The normalized spacial score (nSPS) is 15.0. The third kappa shape index (κ3) is 4.41. The number of amides is 2. The number of piperidine rings is 1. The van der Waals surface area contributed by atoms with Gasteiger partial charge in [0.05, 0.1) is 17.2 Å². The highest BCUT2D eigenvalue weighted by atomic mass is 35.5. The minimum atomic E-state index is 0.164. The molecule has 0 spiro atoms. The molecule has 4 heterocycles. The molecule has 0 radical (unpaired) electrons. The minimum Gasteiger partial charge on any atom is -0.325 e. The van der Waals surface area contributed by atoms with E-state index in [9.17, 15) is 4.79 Å². The Hall–Kier alpha value is -2.67. The molecule has 0 saturated carbocycles. The van der Waals surface area contributed by atoms with E-state index in [2.05, 4.69) is 21.3 Å². The lowest BCUT2D eigenvalue weighted by Gasteiger charge is -2.35. The molecule has 0 unspecified atom stereocenters. The fourth-order valence-electron chi connectivity index (χ4n) is 4.02. The van der Waals surface area contributed by atoms with Crippen LogP contribution in [-0.2, 0) is 6.54 Å². The summed E-state index contributed by atoms with van der Waals surface area (Å²) in [7, 11) is 0. The first kappa shape index (κ1) is 20.6. The van der Waals surface area contributed by atoms with Crippen molar-refractivity contribution in [2.75, 3.05) is 26.2 Å². The van der Waals surface area contributed by atoms with Crippen LogP contribution in [0, 0.1) is 5.92 Å². The Balaban J connectivity index is 1.38. The van der Waals surface area contributed by atoms with E-state index in [1.807, 2.05) is 52.9 Å². The number of fused-ring (bicyclic) bond motifs is 1. The molecule has 0 aliphatic carbocycles. The molecule has 1 saturated heterocycles. The van der Waals surface area contributed by atoms with Crippen molar-refractivity contribution in [3.05, 3.63) is 41.9 Å². The number of halogens is 1. The van der Waals surface area contributed by atoms with Gasteiger partial charge in [0.15, 0.2) is 0 Å². The summed E-state index contributed by atoms with van der Waals surface area (Å²) >= 11 is 6.01. The lowest BCUT2D eigenvalue weighted by Crippen LogP contribution is -2.46. The quantitative estimate of drug-likeness (QED) is 0.570. The number of carbonyl (C=O) groups is 1. The van der Waals surface area contributed by atoms with Crippen LogP contribution in [0.4, 0.5) is 4.79 Å². The van der Waals surface area contributed by atoms with Gasteiger partial charge in [0.2, 0.25) is 0 Å². The van der Waals surface area contributed by atoms with Gasteiger partial charge in [-0.15, -0.1) is 0 Å². The van der Waals surface area contributed by atoms with E-state index in [-0.39, 0.29) is 6.03 Å². The van der Waals surface area contributed by atoms with Gasteiger partial charge in [0, 0.05) is 56.2 Å². The fourth-order valence-corrected chi connectivity index (χ4v) is 4.17. The van der Waals surface area contributed by atoms with E-state index < -0.39 is 0 Å². The van der Waals surface area contributed by atoms with Crippen molar-refractivity contribution in [1.29, 1.82) is 0 Å². The first-order chi connectivity index (χ1) is 14.6. The average Bonchev–Trinajstić information content (AvgIpc) is 3.23. The number of aromatic nitrogens is 4. The molecule has 7 nitrogen and oxygen atoms in total. The van der Waals surface area contributed by atoms with Crippen LogP contribution in [0.15, 0.2) is 36.8 Å². The number of hydrogen-bond donors (Lipinski definition) is 0. The van der Waals surface area contributed by atoms with Crippen molar-refractivity contribution in [3.63, 3.8) is 0 Å². The standard InChI is InChI=1S/C22H27ClN6O/c1-3-27(4-2)22(30)28-9-7-16(8-10-28)14-29-15-18(13-25-29)17-11-20-19(24-12-17)5-6-21(23)26-20/h5-6,11-13,15-16H,3-4,7-10,14H2,1-2H3. The van der Waals surface area contributed by atoms with Crippen LogP contribution in [-0.4, -0.2) is 61.8 Å². The maximum absolute atomic E-state index is 12.5. The zero-order chi connectivity index (χ0) is 21.1. The fraction of sp³-hybridized carbons (Fsp3) is 0.455. The van der Waals surface area contributed by atoms with Gasteiger partial charge in [-0.25, -0.2) is 9.78 Å². The summed E-state index contributed by atoms with van der Waals surface area (Å²) in [5.41, 5.74) is 3.59. The summed E-state index contributed by atoms with van der Waals surface area (Å²) in [5, 5.41) is 5.01. The second-order valence-electron chi connectivity index (χ2n) is 7.73. The predicted molar refractivity (Wildman–Crippen MR) is 118 cm³/mol. The Morgan fingerprint density at radius 2 is 1.90 bits per heavy atom. The third-order valence-electron chi connectivity index (χ3n) is 5.83. The molecule has 0 aromatic carbocycles. The van der Waals surface area contributed by atoms with E-state index in [1.54, 1.807) is 6.07 Å². The summed E-state index contributed by atoms with van der Waals surface area (Å²) < 4.78 is 2.00. The first-order valence-electron chi connectivity index (χ1n) is 10.6. The lowest BCUT2D eigenvalue weighted by atomic mass is 9.97. The number of nitrogens with zero attached hydrogens (tertiary/aromatic N) is 6. The number of rotatable bonds is 5. The molecule has 3 aromatic rings. The van der Waals surface area contributed by atoms with Gasteiger partial charge in [-0.1, -0.05) is 11.6 Å².